The van der Waals surface area contributed by atoms with Gasteiger partial charge in [0.15, 0.2) is 0 Å². The molecule has 3 N–H and O–H groups in total. The van der Waals surface area contributed by atoms with Crippen LogP contribution in [0.3, 0.4) is 0 Å². The topological polar surface area (TPSA) is 94.0 Å². The molecule has 0 spiro atoms. The number of nitrogens with two attached hydrogens (primary N) is 1. The number of carbonyl (C=O) groups is 1. The molecule has 6 heteroatoms. The fourth-order valence-corrected chi connectivity index (χ4v) is 2.53. The van der Waals surface area contributed by atoms with Crippen LogP contribution in [0.1, 0.15) is 55.0 Å². The molecular weight excluding hydrogens is 232 g/mol. The number of nitrogens with zero attached hydrogens (tertiary/aromatic N) is 2. The highest BCUT2D eigenvalue weighted by Gasteiger charge is 2.30. The average molecular weight is 252 g/mol. The van der Waals surface area contributed by atoms with E-state index in [-0.39, 0.29) is 17.6 Å². The van der Waals surface area contributed by atoms with Gasteiger partial charge in [0.25, 0.3) is 11.7 Å². The maximum atomic E-state index is 11.6. The van der Waals surface area contributed by atoms with E-state index in [1.54, 1.807) is 0 Å². The van der Waals surface area contributed by atoms with Crippen molar-refractivity contribution in [2.45, 2.75) is 38.5 Å². The quantitative estimate of drug-likeness (QED) is 0.835. The summed E-state index contributed by atoms with van der Waals surface area (Å²) in [6.07, 6.45) is 4.47. The number of hydrogen-bond donors (Lipinski definition) is 2. The molecule has 1 heterocycles. The minimum Gasteiger partial charge on any atom is -0.349 e. The monoisotopic (exact) mass is 252 g/mol. The average Bonchev–Trinajstić information content (AvgIpc) is 2.88. The second kappa shape index (κ2) is 5.95. The molecule has 1 aromatic heterocycles. The first-order valence-corrected chi connectivity index (χ1v) is 6.58. The van der Waals surface area contributed by atoms with Crippen molar-refractivity contribution >= 4 is 5.91 Å². The van der Waals surface area contributed by atoms with E-state index in [9.17, 15) is 4.79 Å². The highest BCUT2D eigenvalue weighted by Crippen LogP contribution is 2.36. The van der Waals surface area contributed by atoms with Gasteiger partial charge in [-0.15, -0.1) is 0 Å². The van der Waals surface area contributed by atoms with Crippen molar-refractivity contribution < 1.29 is 9.32 Å². The van der Waals surface area contributed by atoms with Crippen molar-refractivity contribution in [2.75, 3.05) is 13.1 Å². The minimum absolute atomic E-state index is 0.119. The largest absolute Gasteiger partial charge is 0.349 e. The molecule has 1 aromatic rings. The number of carbonyl (C=O) groups excluding carboxylic acids is 1. The molecule has 1 amide bonds. The van der Waals surface area contributed by atoms with E-state index >= 15 is 0 Å². The molecule has 1 aliphatic rings. The molecule has 2 atom stereocenters. The smallest absolute Gasteiger partial charge is 0.292 e. The van der Waals surface area contributed by atoms with E-state index in [1.807, 2.05) is 6.92 Å². The number of rotatable bonds is 4. The van der Waals surface area contributed by atoms with Crippen LogP contribution in [-0.4, -0.2) is 29.1 Å². The third-order valence-electron chi connectivity index (χ3n) is 3.51. The van der Waals surface area contributed by atoms with Crippen LogP contribution in [0.15, 0.2) is 4.52 Å². The molecule has 0 bridgehead atoms. The maximum absolute atomic E-state index is 11.6. The summed E-state index contributed by atoms with van der Waals surface area (Å²) in [7, 11) is 0. The van der Waals surface area contributed by atoms with Crippen molar-refractivity contribution in [3.63, 3.8) is 0 Å². The van der Waals surface area contributed by atoms with Crippen LogP contribution in [0.25, 0.3) is 0 Å². The second-order valence-corrected chi connectivity index (χ2v) is 4.70. The number of nitrogens with one attached hydrogen (secondary N) is 1. The molecular formula is C12H20N4O2. The van der Waals surface area contributed by atoms with Gasteiger partial charge in [0.2, 0.25) is 5.89 Å². The van der Waals surface area contributed by atoms with E-state index < -0.39 is 0 Å². The molecule has 2 unspecified atom stereocenters. The van der Waals surface area contributed by atoms with Gasteiger partial charge in [0, 0.05) is 12.5 Å². The van der Waals surface area contributed by atoms with Crippen molar-refractivity contribution in [1.82, 2.24) is 15.5 Å². The Labute approximate surface area is 106 Å². The van der Waals surface area contributed by atoms with Gasteiger partial charge in [0.1, 0.15) is 0 Å². The van der Waals surface area contributed by atoms with E-state index in [1.165, 1.54) is 6.42 Å². The predicted molar refractivity (Wildman–Crippen MR) is 66.1 cm³/mol. The second-order valence-electron chi connectivity index (χ2n) is 4.70. The maximum Gasteiger partial charge on any atom is 0.292 e. The molecule has 100 valence electrons. The zero-order valence-electron chi connectivity index (χ0n) is 10.7. The van der Waals surface area contributed by atoms with Gasteiger partial charge in [-0.3, -0.25) is 4.79 Å². The van der Waals surface area contributed by atoms with Crippen LogP contribution in [-0.2, 0) is 0 Å². The zero-order valence-corrected chi connectivity index (χ0v) is 10.7. The molecule has 0 aromatic carbocycles. The first-order chi connectivity index (χ1) is 8.76. The Kier molecular flexibility index (Phi) is 4.30. The summed E-state index contributed by atoms with van der Waals surface area (Å²) in [6.45, 7) is 3.03. The zero-order chi connectivity index (χ0) is 13.0. The third-order valence-corrected chi connectivity index (χ3v) is 3.51. The fourth-order valence-electron chi connectivity index (χ4n) is 2.53. The predicted octanol–water partition coefficient (Wildman–Crippen LogP) is 1.05. The lowest BCUT2D eigenvalue weighted by Gasteiger charge is -2.27. The molecule has 1 fully saturated rings. The van der Waals surface area contributed by atoms with Gasteiger partial charge in [-0.05, 0) is 32.2 Å². The molecule has 2 rings (SSSR count). The van der Waals surface area contributed by atoms with Gasteiger partial charge in [-0.2, -0.15) is 4.98 Å². The molecule has 6 nitrogen and oxygen atoms in total. The minimum atomic E-state index is -0.285. The third kappa shape index (κ3) is 2.69. The van der Waals surface area contributed by atoms with Gasteiger partial charge in [-0.25, -0.2) is 0 Å². The van der Waals surface area contributed by atoms with Gasteiger partial charge < -0.3 is 15.6 Å². The van der Waals surface area contributed by atoms with Crippen LogP contribution < -0.4 is 11.1 Å². The summed E-state index contributed by atoms with van der Waals surface area (Å²) in [6, 6.07) is 0. The number of aromatic nitrogens is 2. The summed E-state index contributed by atoms with van der Waals surface area (Å²) in [4.78, 5) is 15.8. The Bertz CT molecular complexity index is 405. The molecule has 1 aliphatic carbocycles. The Morgan fingerprint density at radius 1 is 1.50 bits per heavy atom. The van der Waals surface area contributed by atoms with Crippen LogP contribution in [0.5, 0.6) is 0 Å². The van der Waals surface area contributed by atoms with Crippen molar-refractivity contribution in [3.8, 4) is 0 Å². The van der Waals surface area contributed by atoms with E-state index in [0.717, 1.165) is 19.3 Å². The Morgan fingerprint density at radius 2 is 2.28 bits per heavy atom. The summed E-state index contributed by atoms with van der Waals surface area (Å²) in [5, 5.41) is 6.39. The molecule has 0 aliphatic heterocycles. The van der Waals surface area contributed by atoms with Gasteiger partial charge in [0.05, 0.1) is 0 Å². The summed E-state index contributed by atoms with van der Waals surface area (Å²) < 4.78 is 5.23. The lowest BCUT2D eigenvalue weighted by atomic mass is 9.79. The van der Waals surface area contributed by atoms with Crippen LogP contribution in [0.2, 0.25) is 0 Å². The highest BCUT2D eigenvalue weighted by atomic mass is 16.5. The van der Waals surface area contributed by atoms with Crippen LogP contribution in [0.4, 0.5) is 0 Å². The SMILES string of the molecule is CCNC(=O)c1noc(C2CCCCC2CN)n1. The first kappa shape index (κ1) is 13.0. The first-order valence-electron chi connectivity index (χ1n) is 6.58. The fraction of sp³-hybridized carbons (Fsp3) is 0.750. The van der Waals surface area contributed by atoms with E-state index in [4.69, 9.17) is 10.3 Å². The Balaban J connectivity index is 2.10. The van der Waals surface area contributed by atoms with Crippen LogP contribution in [0, 0.1) is 5.92 Å². The van der Waals surface area contributed by atoms with Crippen molar-refractivity contribution in [2.24, 2.45) is 11.7 Å². The lowest BCUT2D eigenvalue weighted by molar-refractivity contribution is 0.0942. The number of hydrogen-bond acceptors (Lipinski definition) is 5. The van der Waals surface area contributed by atoms with Gasteiger partial charge >= 0.3 is 0 Å². The van der Waals surface area contributed by atoms with Gasteiger partial charge in [-0.1, -0.05) is 18.0 Å². The molecule has 0 radical (unpaired) electrons. The van der Waals surface area contributed by atoms with E-state index in [2.05, 4.69) is 15.5 Å². The Hall–Kier alpha value is -1.43. The standard InChI is InChI=1S/C12H20N4O2/c1-2-14-11(17)10-15-12(18-16-10)9-6-4-3-5-8(9)7-13/h8-9H,2-7,13H2,1H3,(H,14,17). The summed E-state index contributed by atoms with van der Waals surface area (Å²) in [5.74, 6) is 0.993. The number of amides is 1. The van der Waals surface area contributed by atoms with Crippen molar-refractivity contribution in [1.29, 1.82) is 0 Å². The Morgan fingerprint density at radius 3 is 3.00 bits per heavy atom. The van der Waals surface area contributed by atoms with E-state index in [0.29, 0.717) is 24.9 Å². The summed E-state index contributed by atoms with van der Waals surface area (Å²) in [5.41, 5.74) is 5.78. The van der Waals surface area contributed by atoms with Crippen molar-refractivity contribution in [3.05, 3.63) is 11.7 Å². The normalized spacial score (nSPS) is 23.9. The molecule has 18 heavy (non-hydrogen) atoms. The highest BCUT2D eigenvalue weighted by molar-refractivity contribution is 5.90. The van der Waals surface area contributed by atoms with Crippen LogP contribution >= 0.6 is 0 Å². The molecule has 1 saturated carbocycles. The lowest BCUT2D eigenvalue weighted by Crippen LogP contribution is -2.26. The molecule has 0 saturated heterocycles. The summed E-state index contributed by atoms with van der Waals surface area (Å²) >= 11 is 0.